The Morgan fingerprint density at radius 3 is 1.26 bits per heavy atom. The largest absolute Gasteiger partial charge is 0.423 e. The van der Waals surface area contributed by atoms with E-state index in [9.17, 15) is 0 Å². The van der Waals surface area contributed by atoms with Gasteiger partial charge in [-0.1, -0.05) is 35.4 Å². The molecule has 8 bridgehead atoms. The number of fused-ring (bicyclic) bond motifs is 6. The predicted molar refractivity (Wildman–Crippen MR) is 169 cm³/mol. The molecule has 5 heterocycles. The van der Waals surface area contributed by atoms with Gasteiger partial charge in [0.1, 0.15) is 0 Å². The minimum Gasteiger partial charge on any atom is -0.423 e. The van der Waals surface area contributed by atoms with Crippen LogP contribution in [0.2, 0.25) is 0 Å². The van der Waals surface area contributed by atoms with Gasteiger partial charge in [-0.2, -0.15) is 0 Å². The number of aromatic nitrogens is 2. The molecule has 7 rings (SSSR count). The number of ether oxygens (including phenoxy) is 2. The van der Waals surface area contributed by atoms with E-state index in [1.807, 2.05) is 48.6 Å². The van der Waals surface area contributed by atoms with Crippen molar-refractivity contribution in [3.05, 3.63) is 140 Å². The molecule has 0 amide bonds. The third kappa shape index (κ3) is 4.45. The number of hydrogen-bond donors (Lipinski definition) is 2. The Balaban J connectivity index is 1.43. The van der Waals surface area contributed by atoms with Crippen LogP contribution in [0.1, 0.15) is 55.9 Å². The van der Waals surface area contributed by atoms with Gasteiger partial charge in [-0.25, -0.2) is 9.98 Å². The highest BCUT2D eigenvalue weighted by molar-refractivity contribution is 5.99. The zero-order valence-corrected chi connectivity index (χ0v) is 24.6. The summed E-state index contributed by atoms with van der Waals surface area (Å²) in [6, 6.07) is 16.8. The Bertz CT molecular complexity index is 1800. The van der Waals surface area contributed by atoms with Crippen LogP contribution in [0.4, 0.5) is 0 Å². The number of rotatable bonds is 2. The standard InChI is InChI=1S/C36H32N4O2/c1-19-15-21(3)33(22(4)16-19)35-25-7-11-29(37-25)41-31-13-9-27(39-31)36(34-23(5)17-20(2)18-24(34)6)28-10-14-32(40-28)42-30-12-8-26(35)38-30/h7-18,37,40H,1-6H3. The highest BCUT2D eigenvalue weighted by Crippen LogP contribution is 2.38. The fourth-order valence-corrected chi connectivity index (χ4v) is 6.42. The fourth-order valence-electron chi connectivity index (χ4n) is 6.42. The van der Waals surface area contributed by atoms with E-state index in [2.05, 4.69) is 75.8 Å². The molecule has 0 saturated carbocycles. The third-order valence-electron chi connectivity index (χ3n) is 7.88. The predicted octanol–water partition coefficient (Wildman–Crippen LogP) is 8.12. The van der Waals surface area contributed by atoms with Gasteiger partial charge in [0, 0.05) is 35.4 Å². The van der Waals surface area contributed by atoms with Crippen molar-refractivity contribution >= 4 is 22.9 Å². The molecule has 2 N–H and O–H groups in total. The van der Waals surface area contributed by atoms with Gasteiger partial charge < -0.3 is 19.4 Å². The minimum atomic E-state index is 0.520. The number of allylic oxidation sites excluding steroid dienone is 2. The van der Waals surface area contributed by atoms with Crippen molar-refractivity contribution in [1.29, 1.82) is 0 Å². The van der Waals surface area contributed by atoms with Crippen LogP contribution in [-0.2, 0) is 0 Å². The average molecular weight is 553 g/mol. The van der Waals surface area contributed by atoms with Gasteiger partial charge in [-0.05, 0) is 99.2 Å². The van der Waals surface area contributed by atoms with Crippen LogP contribution in [-0.4, -0.2) is 21.8 Å². The summed E-state index contributed by atoms with van der Waals surface area (Å²) in [5.41, 5.74) is 14.9. The van der Waals surface area contributed by atoms with Crippen LogP contribution in [0.15, 0.2) is 94.2 Å². The summed E-state index contributed by atoms with van der Waals surface area (Å²) < 4.78 is 12.6. The molecule has 0 saturated heterocycles. The van der Waals surface area contributed by atoms with E-state index < -0.39 is 0 Å². The second-order valence-corrected chi connectivity index (χ2v) is 11.3. The SMILES string of the molecule is Cc1cc(C)c(C2=C3C=CC(=N3)Oc3ccc([nH]3)C(c3c(C)cc(C)cc3C)=C3C=CC(=N3)Oc3ccc2[nH]3)c(C)c1. The molecule has 208 valence electrons. The highest BCUT2D eigenvalue weighted by atomic mass is 16.5. The molecule has 6 heteroatoms. The number of aryl methyl sites for hydroxylation is 6. The smallest absolute Gasteiger partial charge is 0.221 e. The fraction of sp³-hybridized carbons (Fsp3) is 0.167. The summed E-state index contributed by atoms with van der Waals surface area (Å²) >= 11 is 0. The van der Waals surface area contributed by atoms with Gasteiger partial charge in [0.25, 0.3) is 0 Å². The van der Waals surface area contributed by atoms with Crippen molar-refractivity contribution in [3.8, 4) is 11.8 Å². The number of nitrogens with zero attached hydrogens (tertiary/aromatic N) is 2. The number of benzene rings is 2. The Labute approximate surface area is 245 Å². The van der Waals surface area contributed by atoms with Gasteiger partial charge in [-0.3, -0.25) is 0 Å². The van der Waals surface area contributed by atoms with Gasteiger partial charge in [0.05, 0.1) is 22.8 Å². The topological polar surface area (TPSA) is 74.8 Å². The lowest BCUT2D eigenvalue weighted by molar-refractivity contribution is 0.536. The highest BCUT2D eigenvalue weighted by Gasteiger charge is 2.24. The van der Waals surface area contributed by atoms with Crippen LogP contribution in [0.3, 0.4) is 0 Å². The lowest BCUT2D eigenvalue weighted by Crippen LogP contribution is -2.05. The number of nitrogens with one attached hydrogen (secondary N) is 2. The van der Waals surface area contributed by atoms with Crippen molar-refractivity contribution in [2.45, 2.75) is 41.5 Å². The van der Waals surface area contributed by atoms with Crippen molar-refractivity contribution in [2.24, 2.45) is 9.98 Å². The molecule has 0 fully saturated rings. The Morgan fingerprint density at radius 2 is 0.881 bits per heavy atom. The summed E-state index contributed by atoms with van der Waals surface area (Å²) in [6.07, 6.45) is 7.84. The number of aliphatic imine (C=N–C) groups is 2. The summed E-state index contributed by atoms with van der Waals surface area (Å²) in [6.45, 7) is 12.8. The zero-order valence-electron chi connectivity index (χ0n) is 24.6. The molecule has 6 nitrogen and oxygen atoms in total. The quantitative estimate of drug-likeness (QED) is 0.264. The molecule has 0 unspecified atom stereocenters. The van der Waals surface area contributed by atoms with Crippen molar-refractivity contribution in [1.82, 2.24) is 9.97 Å². The molecule has 3 aliphatic heterocycles. The molecule has 0 atom stereocenters. The van der Waals surface area contributed by atoms with Crippen LogP contribution < -0.4 is 9.47 Å². The van der Waals surface area contributed by atoms with Crippen molar-refractivity contribution in [3.63, 3.8) is 0 Å². The number of hydrogen-bond acceptors (Lipinski definition) is 4. The lowest BCUT2D eigenvalue weighted by atomic mass is 9.91. The van der Waals surface area contributed by atoms with E-state index in [0.29, 0.717) is 23.6 Å². The third-order valence-corrected chi connectivity index (χ3v) is 7.88. The van der Waals surface area contributed by atoms with E-state index in [-0.39, 0.29) is 0 Å². The van der Waals surface area contributed by atoms with Gasteiger partial charge in [0.2, 0.25) is 11.8 Å². The maximum absolute atomic E-state index is 6.29. The first-order valence-corrected chi connectivity index (χ1v) is 14.2. The second kappa shape index (κ2) is 9.77. The summed E-state index contributed by atoms with van der Waals surface area (Å²) in [5, 5.41) is 0. The molecule has 0 radical (unpaired) electrons. The van der Waals surface area contributed by atoms with Gasteiger partial charge in [0.15, 0.2) is 11.8 Å². The van der Waals surface area contributed by atoms with Crippen molar-refractivity contribution in [2.75, 3.05) is 0 Å². The van der Waals surface area contributed by atoms with E-state index >= 15 is 0 Å². The molecule has 3 aliphatic rings. The van der Waals surface area contributed by atoms with Crippen LogP contribution in [0, 0.1) is 41.5 Å². The van der Waals surface area contributed by atoms with Crippen LogP contribution in [0.5, 0.6) is 11.8 Å². The second-order valence-electron chi connectivity index (χ2n) is 11.3. The van der Waals surface area contributed by atoms with Crippen molar-refractivity contribution < 1.29 is 9.47 Å². The average Bonchev–Trinajstić information content (AvgIpc) is 3.73. The molecule has 0 spiro atoms. The Kier molecular flexibility index (Phi) is 6.01. The van der Waals surface area contributed by atoms with Crippen LogP contribution >= 0.6 is 0 Å². The maximum atomic E-state index is 6.29. The Hall–Kier alpha value is -5.10. The molecule has 2 aromatic heterocycles. The van der Waals surface area contributed by atoms with Crippen LogP contribution in [0.25, 0.3) is 11.1 Å². The Morgan fingerprint density at radius 1 is 0.500 bits per heavy atom. The summed E-state index contributed by atoms with van der Waals surface area (Å²) in [7, 11) is 0. The molecule has 0 aliphatic carbocycles. The first kappa shape index (κ1) is 25.8. The first-order chi connectivity index (χ1) is 20.2. The van der Waals surface area contributed by atoms with E-state index in [4.69, 9.17) is 19.5 Å². The van der Waals surface area contributed by atoms with E-state index in [1.165, 1.54) is 33.4 Å². The summed E-state index contributed by atoms with van der Waals surface area (Å²) in [4.78, 5) is 16.8. The number of aromatic amines is 2. The van der Waals surface area contributed by atoms with E-state index in [1.54, 1.807) is 0 Å². The van der Waals surface area contributed by atoms with Gasteiger partial charge in [-0.15, -0.1) is 0 Å². The maximum Gasteiger partial charge on any atom is 0.221 e. The number of H-pyrrole nitrogens is 2. The summed E-state index contributed by atoms with van der Waals surface area (Å²) in [5.74, 6) is 2.25. The molecule has 4 aromatic rings. The normalized spacial score (nSPS) is 15.7. The zero-order chi connectivity index (χ0) is 29.1. The molecule has 42 heavy (non-hydrogen) atoms. The molecule has 2 aromatic carbocycles. The molecular formula is C36H32N4O2. The monoisotopic (exact) mass is 552 g/mol. The minimum absolute atomic E-state index is 0.520. The lowest BCUT2D eigenvalue weighted by Gasteiger charge is -2.16. The van der Waals surface area contributed by atoms with Gasteiger partial charge >= 0.3 is 0 Å². The van der Waals surface area contributed by atoms with E-state index in [0.717, 1.165) is 45.1 Å². The molecular weight excluding hydrogens is 520 g/mol. The first-order valence-electron chi connectivity index (χ1n) is 14.2.